The molecule has 9 atom stereocenters. The lowest BCUT2D eigenvalue weighted by Gasteiger charge is -2.58. The van der Waals surface area contributed by atoms with Gasteiger partial charge in [-0.3, -0.25) is 9.69 Å². The van der Waals surface area contributed by atoms with Gasteiger partial charge in [-0.25, -0.2) is 0 Å². The number of morpholine rings is 1. The predicted octanol–water partition coefficient (Wildman–Crippen LogP) is 4.55. The molecule has 1 aliphatic heterocycles. The third-order valence-electron chi connectivity index (χ3n) is 10.4. The maximum absolute atomic E-state index is 13.5. The van der Waals surface area contributed by atoms with E-state index >= 15 is 0 Å². The zero-order valence-electron chi connectivity index (χ0n) is 22.1. The van der Waals surface area contributed by atoms with Crippen molar-refractivity contribution < 1.29 is 24.2 Å². The fraction of sp³-hybridized carbons (Fsp3) is 0.793. The molecule has 6 nitrogen and oxygen atoms in total. The molecule has 0 aromatic carbocycles. The Morgan fingerprint density at radius 1 is 1.31 bits per heavy atom. The average molecular weight is 486 g/mol. The molecule has 5 aliphatic rings. The molecule has 1 heterocycles. The maximum atomic E-state index is 13.5. The van der Waals surface area contributed by atoms with E-state index in [-0.39, 0.29) is 23.9 Å². The summed E-state index contributed by atoms with van der Waals surface area (Å²) in [5.41, 5.74) is -0.588. The summed E-state index contributed by atoms with van der Waals surface area (Å²) in [4.78, 5) is 28.9. The first-order valence-corrected chi connectivity index (χ1v) is 13.6. The highest BCUT2D eigenvalue weighted by molar-refractivity contribution is 5.90. The van der Waals surface area contributed by atoms with Crippen molar-refractivity contribution in [2.45, 2.75) is 72.7 Å². The van der Waals surface area contributed by atoms with Crippen molar-refractivity contribution in [2.24, 2.45) is 45.8 Å². The van der Waals surface area contributed by atoms with Crippen molar-refractivity contribution in [2.75, 3.05) is 26.2 Å². The molecule has 0 amide bonds. The number of carbonyl (C=O) groups excluding carboxylic acids is 1. The third kappa shape index (κ3) is 3.25. The highest BCUT2D eigenvalue weighted by Gasteiger charge is 2.84. The number of nitrogens with zero attached hydrogens (tertiary/aromatic N) is 1. The van der Waals surface area contributed by atoms with Gasteiger partial charge in [0.2, 0.25) is 0 Å². The van der Waals surface area contributed by atoms with Gasteiger partial charge in [0.1, 0.15) is 11.7 Å². The molecular formula is C29H43NO5. The van der Waals surface area contributed by atoms with E-state index in [1.54, 1.807) is 0 Å². The van der Waals surface area contributed by atoms with Crippen molar-refractivity contribution in [3.05, 3.63) is 23.8 Å². The minimum Gasteiger partial charge on any atom is -0.481 e. The van der Waals surface area contributed by atoms with Gasteiger partial charge >= 0.3 is 5.97 Å². The summed E-state index contributed by atoms with van der Waals surface area (Å²) < 4.78 is 12.8. The first-order valence-electron chi connectivity index (χ1n) is 13.6. The molecule has 4 fully saturated rings. The molecule has 4 bridgehead atoms. The first kappa shape index (κ1) is 25.2. The van der Waals surface area contributed by atoms with Crippen LogP contribution in [0.4, 0.5) is 0 Å². The number of fused-ring (bicyclic) bond motifs is 2. The van der Waals surface area contributed by atoms with E-state index in [4.69, 9.17) is 9.47 Å². The lowest BCUT2D eigenvalue weighted by Crippen LogP contribution is -2.64. The third-order valence-corrected chi connectivity index (χ3v) is 10.4. The summed E-state index contributed by atoms with van der Waals surface area (Å²) in [5, 5.41) is 11.1. The van der Waals surface area contributed by atoms with Gasteiger partial charge in [-0.15, -0.1) is 0 Å². The second-order valence-electron chi connectivity index (χ2n) is 12.8. The zero-order valence-corrected chi connectivity index (χ0v) is 22.1. The largest absolute Gasteiger partial charge is 0.481 e. The molecule has 6 heteroatoms. The van der Waals surface area contributed by atoms with Crippen LogP contribution < -0.4 is 0 Å². The fourth-order valence-corrected chi connectivity index (χ4v) is 9.47. The van der Waals surface area contributed by atoms with Crippen LogP contribution in [0.5, 0.6) is 0 Å². The fourth-order valence-electron chi connectivity index (χ4n) is 9.47. The molecule has 35 heavy (non-hydrogen) atoms. The Bertz CT molecular complexity index is 943. The van der Waals surface area contributed by atoms with Gasteiger partial charge < -0.3 is 19.4 Å². The summed E-state index contributed by atoms with van der Waals surface area (Å²) in [5.74, 6) is 0.305. The molecule has 1 saturated heterocycles. The standard InChI is InChI=1S/C29H43NO5/c1-17(2)12-30-13-20(6)35-25(14-30)34-16-28-11-22-19(5)7-8-23(22)27(15-31)10-21(28)9-24(18(3)4)29(27,28)26(32)33/h9,15,18-23,25H,1,7-8,10-14,16H2,2-6H3,(H,32,33)/t19-,20-,21-,22-,23-,25-,27+,28?,29+/m1/s1. The number of allylic oxidation sites excluding steroid dienone is 1. The van der Waals surface area contributed by atoms with Crippen LogP contribution in [0.3, 0.4) is 0 Å². The highest BCUT2D eigenvalue weighted by atomic mass is 16.7. The van der Waals surface area contributed by atoms with Gasteiger partial charge in [-0.2, -0.15) is 0 Å². The molecule has 0 aromatic heterocycles. The quantitative estimate of drug-likeness (QED) is 0.402. The van der Waals surface area contributed by atoms with Crippen molar-refractivity contribution in [1.29, 1.82) is 0 Å². The Labute approximate surface area is 210 Å². The van der Waals surface area contributed by atoms with Crippen LogP contribution in [0.25, 0.3) is 0 Å². The SMILES string of the molecule is C=C(C)CN1C[C@H](OCC23C[C@@H]4[C@H](C)CC[C@H]4[C@@]4(C=O)C[C@H]2C=C(C(C)C)[C@@]34C(=O)O)O[C@H](C)C1. The van der Waals surface area contributed by atoms with Crippen LogP contribution in [0.1, 0.15) is 60.3 Å². The number of carbonyl (C=O) groups is 2. The molecule has 194 valence electrons. The van der Waals surface area contributed by atoms with Gasteiger partial charge in [0.05, 0.1) is 18.1 Å². The van der Waals surface area contributed by atoms with Gasteiger partial charge in [-0.05, 0) is 62.7 Å². The van der Waals surface area contributed by atoms with E-state index in [1.807, 2.05) is 6.92 Å². The molecule has 0 radical (unpaired) electrons. The summed E-state index contributed by atoms with van der Waals surface area (Å²) >= 11 is 0. The molecule has 0 aromatic rings. The van der Waals surface area contributed by atoms with Crippen LogP contribution in [-0.4, -0.2) is 60.9 Å². The molecule has 3 saturated carbocycles. The van der Waals surface area contributed by atoms with Crippen molar-refractivity contribution in [3.63, 3.8) is 0 Å². The lowest BCUT2D eigenvalue weighted by atomic mass is 9.43. The Morgan fingerprint density at radius 3 is 2.69 bits per heavy atom. The number of aldehydes is 1. The highest BCUT2D eigenvalue weighted by Crippen LogP contribution is 2.82. The number of ether oxygens (including phenoxy) is 2. The maximum Gasteiger partial charge on any atom is 0.315 e. The van der Waals surface area contributed by atoms with Crippen molar-refractivity contribution in [3.8, 4) is 0 Å². The Kier molecular flexibility index (Phi) is 6.13. The molecule has 5 rings (SSSR count). The first-order chi connectivity index (χ1) is 16.5. The van der Waals surface area contributed by atoms with Crippen LogP contribution in [0, 0.1) is 45.8 Å². The minimum absolute atomic E-state index is 0.0309. The van der Waals surface area contributed by atoms with E-state index in [0.29, 0.717) is 31.4 Å². The van der Waals surface area contributed by atoms with Gasteiger partial charge in [0.15, 0.2) is 6.29 Å². The summed E-state index contributed by atoms with van der Waals surface area (Å²) in [7, 11) is 0. The number of rotatable bonds is 8. The van der Waals surface area contributed by atoms with Gasteiger partial charge in [0, 0.05) is 25.0 Å². The monoisotopic (exact) mass is 485 g/mol. The van der Waals surface area contributed by atoms with Gasteiger partial charge in [-0.1, -0.05) is 51.0 Å². The van der Waals surface area contributed by atoms with Gasteiger partial charge in [0.25, 0.3) is 0 Å². The Morgan fingerprint density at radius 2 is 2.06 bits per heavy atom. The smallest absolute Gasteiger partial charge is 0.315 e. The second-order valence-corrected chi connectivity index (χ2v) is 12.8. The predicted molar refractivity (Wildman–Crippen MR) is 134 cm³/mol. The van der Waals surface area contributed by atoms with Crippen LogP contribution in [0.15, 0.2) is 23.8 Å². The Balaban J connectivity index is 1.53. The average Bonchev–Trinajstić information content (AvgIpc) is 3.34. The van der Waals surface area contributed by atoms with E-state index < -0.39 is 28.5 Å². The van der Waals surface area contributed by atoms with Crippen LogP contribution >= 0.6 is 0 Å². The number of carboxylic acid groups (broad SMARTS) is 1. The second kappa shape index (κ2) is 8.53. The van der Waals surface area contributed by atoms with Crippen molar-refractivity contribution in [1.82, 2.24) is 4.90 Å². The molecule has 1 unspecified atom stereocenters. The lowest BCUT2D eigenvalue weighted by molar-refractivity contribution is -0.235. The topological polar surface area (TPSA) is 76.1 Å². The van der Waals surface area contributed by atoms with Crippen LogP contribution in [0.2, 0.25) is 0 Å². The number of aliphatic carboxylic acids is 1. The van der Waals surface area contributed by atoms with E-state index in [9.17, 15) is 14.7 Å². The summed E-state index contributed by atoms with van der Waals surface area (Å²) in [6, 6.07) is 0. The molecule has 4 aliphatic carbocycles. The van der Waals surface area contributed by atoms with Crippen LogP contribution in [-0.2, 0) is 19.1 Å². The van der Waals surface area contributed by atoms with E-state index in [2.05, 4.69) is 45.2 Å². The van der Waals surface area contributed by atoms with E-state index in [0.717, 1.165) is 49.8 Å². The number of hydrogen-bond acceptors (Lipinski definition) is 5. The summed E-state index contributed by atoms with van der Waals surface area (Å²) in [6.07, 6.45) is 6.40. The normalized spacial score (nSPS) is 46.5. The van der Waals surface area contributed by atoms with E-state index in [1.165, 1.54) is 0 Å². The number of carboxylic acids is 1. The molecule has 0 spiro atoms. The Hall–Kier alpha value is -1.50. The number of hydrogen-bond donors (Lipinski definition) is 1. The van der Waals surface area contributed by atoms with Crippen molar-refractivity contribution >= 4 is 12.3 Å². The molecular weight excluding hydrogens is 442 g/mol. The molecule has 1 N–H and O–H groups in total. The summed E-state index contributed by atoms with van der Waals surface area (Å²) in [6.45, 7) is 17.2. The zero-order chi connectivity index (χ0) is 25.3. The minimum atomic E-state index is -1.19.